The number of rotatable bonds is 4. The van der Waals surface area contributed by atoms with Crippen LogP contribution in [0.5, 0.6) is 0 Å². The summed E-state index contributed by atoms with van der Waals surface area (Å²) in [6.07, 6.45) is 3.80. The van der Waals surface area contributed by atoms with Crippen molar-refractivity contribution >= 4 is 11.9 Å². The number of carbonyl (C=O) groups excluding carboxylic acids is 2. The van der Waals surface area contributed by atoms with Gasteiger partial charge < -0.3 is 19.6 Å². The Kier molecular flexibility index (Phi) is 40.7. The fourth-order valence-electron chi connectivity index (χ4n) is 0.516. The van der Waals surface area contributed by atoms with E-state index < -0.39 is 11.9 Å². The second-order valence-corrected chi connectivity index (χ2v) is 1.96. The van der Waals surface area contributed by atoms with E-state index in [-0.39, 0.29) is 80.3 Å². The Balaban J connectivity index is -0.0000000833. The van der Waals surface area contributed by atoms with Crippen molar-refractivity contribution in [3.05, 3.63) is 27.7 Å². The molecule has 15 heavy (non-hydrogen) atoms. The third kappa shape index (κ3) is 21.0. The van der Waals surface area contributed by atoms with Crippen molar-refractivity contribution in [2.24, 2.45) is 0 Å². The van der Waals surface area contributed by atoms with Crippen LogP contribution in [0.1, 0.15) is 26.7 Å². The molecule has 0 spiro atoms. The predicted molar refractivity (Wildman–Crippen MR) is 53.1 cm³/mol. The minimum absolute atomic E-state index is 0. The summed E-state index contributed by atoms with van der Waals surface area (Å²) < 4.78 is 4.34. The summed E-state index contributed by atoms with van der Waals surface area (Å²) >= 11 is 0. The third-order valence-electron chi connectivity index (χ3n) is 0.943. The molecule has 5 heteroatoms. The molecule has 0 aromatic carbocycles. The Labute approximate surface area is 144 Å². The second-order valence-electron chi connectivity index (χ2n) is 1.96. The van der Waals surface area contributed by atoms with E-state index in [0.29, 0.717) is 12.8 Å². The summed E-state index contributed by atoms with van der Waals surface area (Å²) in [5.74, 6) is -1.13. The fraction of sp³-hybridized carbons (Fsp3) is 0.400. The molecule has 0 aromatic rings. The molecule has 0 aliphatic carbocycles. The van der Waals surface area contributed by atoms with Gasteiger partial charge in [-0.15, -0.1) is 0 Å². The van der Waals surface area contributed by atoms with E-state index in [4.69, 9.17) is 0 Å². The molecule has 0 amide bonds. The van der Waals surface area contributed by atoms with E-state index in [2.05, 4.69) is 4.74 Å². The molecule has 0 saturated carbocycles. The molecule has 3 nitrogen and oxygen atoms in total. The molecule has 2 radical (unpaired) electrons. The number of carbonyl (C=O) groups is 2. The maximum atomic E-state index is 10.6. The molecular formula is C10H18O3Y2-4. The van der Waals surface area contributed by atoms with Crippen LogP contribution < -0.4 is 0 Å². The molecular weight excluding hydrogens is 346 g/mol. The average Bonchev–Trinajstić information content (AvgIpc) is 1.87. The van der Waals surface area contributed by atoms with Crippen LogP contribution in [-0.4, -0.2) is 11.9 Å². The Hall–Kier alpha value is 1.09. The average molecular weight is 364 g/mol. The zero-order valence-corrected chi connectivity index (χ0v) is 15.6. The van der Waals surface area contributed by atoms with Crippen LogP contribution in [0.15, 0.2) is 0 Å². The molecule has 0 heterocycles. The second kappa shape index (κ2) is 20.5. The van der Waals surface area contributed by atoms with Gasteiger partial charge in [0.25, 0.3) is 0 Å². The first-order valence-electron chi connectivity index (χ1n) is 3.62. The number of hydrogen-bond donors (Lipinski definition) is 0. The summed E-state index contributed by atoms with van der Waals surface area (Å²) in [4.78, 5) is 21.2. The van der Waals surface area contributed by atoms with Gasteiger partial charge in [0.1, 0.15) is 0 Å². The molecule has 0 N–H and O–H groups in total. The van der Waals surface area contributed by atoms with Crippen molar-refractivity contribution in [2.75, 3.05) is 0 Å². The van der Waals surface area contributed by atoms with E-state index >= 15 is 0 Å². The number of esters is 2. The maximum Gasteiger partial charge on any atom is 0.175 e. The molecule has 0 aliphatic heterocycles. The fourth-order valence-corrected chi connectivity index (χ4v) is 0.516. The maximum absolute atomic E-state index is 10.6. The van der Waals surface area contributed by atoms with Crippen LogP contribution >= 0.6 is 0 Å². The van der Waals surface area contributed by atoms with Gasteiger partial charge in [0.15, 0.2) is 11.9 Å². The summed E-state index contributed by atoms with van der Waals surface area (Å²) in [6, 6.07) is 0. The number of hydrogen-bond acceptors (Lipinski definition) is 3. The van der Waals surface area contributed by atoms with Gasteiger partial charge in [0.2, 0.25) is 0 Å². The minimum atomic E-state index is -0.567. The topological polar surface area (TPSA) is 43.4 Å². The first kappa shape index (κ1) is 29.8. The predicted octanol–water partition coefficient (Wildman–Crippen LogP) is 2.18. The minimum Gasteiger partial charge on any atom is -0.446 e. The smallest absolute Gasteiger partial charge is 0.175 e. The summed E-state index contributed by atoms with van der Waals surface area (Å²) in [5.41, 5.74) is 0. The van der Waals surface area contributed by atoms with Crippen LogP contribution in [0.3, 0.4) is 0 Å². The van der Waals surface area contributed by atoms with E-state index in [9.17, 15) is 9.59 Å². The van der Waals surface area contributed by atoms with E-state index in [1.54, 1.807) is 13.8 Å². The van der Waals surface area contributed by atoms with Crippen molar-refractivity contribution in [2.45, 2.75) is 26.7 Å². The van der Waals surface area contributed by atoms with Gasteiger partial charge in [-0.2, -0.15) is 12.8 Å². The Morgan fingerprint density at radius 2 is 1.20 bits per heavy atom. The zero-order valence-electron chi connectivity index (χ0n) is 9.95. The van der Waals surface area contributed by atoms with Gasteiger partial charge >= 0.3 is 0 Å². The van der Waals surface area contributed by atoms with Crippen molar-refractivity contribution in [1.29, 1.82) is 0 Å². The van der Waals surface area contributed by atoms with Crippen LogP contribution in [0.4, 0.5) is 0 Å². The Morgan fingerprint density at radius 3 is 1.40 bits per heavy atom. The molecule has 0 unspecified atom stereocenters. The van der Waals surface area contributed by atoms with Crippen LogP contribution in [0.25, 0.3) is 0 Å². The Morgan fingerprint density at radius 1 is 0.933 bits per heavy atom. The summed E-state index contributed by atoms with van der Waals surface area (Å²) in [6.45, 7) is 3.60. The summed E-state index contributed by atoms with van der Waals surface area (Å²) in [7, 11) is 0. The molecule has 0 aliphatic rings. The molecule has 0 aromatic heterocycles. The van der Waals surface area contributed by atoms with Crippen LogP contribution in [0.2, 0.25) is 0 Å². The monoisotopic (exact) mass is 364 g/mol. The van der Waals surface area contributed by atoms with E-state index in [1.165, 1.54) is 12.8 Å². The largest absolute Gasteiger partial charge is 0.446 e. The molecule has 0 fully saturated rings. The molecule has 0 saturated heterocycles. The van der Waals surface area contributed by atoms with E-state index in [0.717, 1.165) is 0 Å². The Bertz CT molecular complexity index is 134. The SMILES string of the molecule is CC[CH-]C(=O)OC(=O)[CH-]CC.[CH3-].[CH3-].[Y].[Y]. The third-order valence-corrected chi connectivity index (χ3v) is 0.943. The van der Waals surface area contributed by atoms with Crippen molar-refractivity contribution in [3.63, 3.8) is 0 Å². The van der Waals surface area contributed by atoms with Crippen molar-refractivity contribution < 1.29 is 79.7 Å². The van der Waals surface area contributed by atoms with Gasteiger partial charge in [-0.1, -0.05) is 13.8 Å². The van der Waals surface area contributed by atoms with Gasteiger partial charge in [0.05, 0.1) is 0 Å². The summed E-state index contributed by atoms with van der Waals surface area (Å²) in [5, 5.41) is 0. The van der Waals surface area contributed by atoms with Gasteiger partial charge in [-0.25, -0.2) is 0 Å². The van der Waals surface area contributed by atoms with Crippen molar-refractivity contribution in [3.8, 4) is 0 Å². The zero-order chi connectivity index (χ0) is 8.69. The normalized spacial score (nSPS) is 6.27. The molecule has 0 rings (SSSR count). The standard InChI is InChI=1S/C8H12O3.2CH3.2Y/c1-3-5-7(9)11-8(10)6-4-2;;;;/h5-6H,3-4H2,1-2H3;2*1H3;;/q-2;2*-1;;. The number of ether oxygens (including phenoxy) is 1. The first-order valence-corrected chi connectivity index (χ1v) is 3.62. The van der Waals surface area contributed by atoms with E-state index in [1.807, 2.05) is 0 Å². The van der Waals surface area contributed by atoms with Crippen molar-refractivity contribution in [1.82, 2.24) is 0 Å². The quantitative estimate of drug-likeness (QED) is 0.437. The molecule has 0 atom stereocenters. The molecule has 86 valence electrons. The van der Waals surface area contributed by atoms with Gasteiger partial charge in [0, 0.05) is 65.4 Å². The molecule has 0 bridgehead atoms. The first-order chi connectivity index (χ1) is 5.20. The van der Waals surface area contributed by atoms with Crippen LogP contribution in [0, 0.1) is 27.7 Å². The van der Waals surface area contributed by atoms with Gasteiger partial charge in [-0.3, -0.25) is 22.4 Å². The van der Waals surface area contributed by atoms with Gasteiger partial charge in [-0.05, 0) is 0 Å². The van der Waals surface area contributed by atoms with Crippen LogP contribution in [-0.2, 0) is 79.7 Å².